The van der Waals surface area contributed by atoms with Crippen LogP contribution in [-0.4, -0.2) is 24.2 Å². The van der Waals surface area contributed by atoms with E-state index in [1.165, 1.54) is 5.56 Å². The first-order valence-corrected chi connectivity index (χ1v) is 7.07. The lowest BCUT2D eigenvalue weighted by Crippen LogP contribution is -2.31. The Balaban J connectivity index is 1.88. The van der Waals surface area contributed by atoms with Crippen molar-refractivity contribution in [2.45, 2.75) is 12.3 Å². The van der Waals surface area contributed by atoms with Crippen molar-refractivity contribution in [2.75, 3.05) is 23.7 Å². The molecule has 4 nitrogen and oxygen atoms in total. The van der Waals surface area contributed by atoms with Gasteiger partial charge < -0.3 is 15.7 Å². The topological polar surface area (TPSA) is 66.6 Å². The van der Waals surface area contributed by atoms with Crippen LogP contribution in [0.2, 0.25) is 0 Å². The molecule has 108 valence electrons. The average molecular weight is 282 g/mol. The van der Waals surface area contributed by atoms with Crippen LogP contribution in [-0.2, 0) is 11.2 Å². The van der Waals surface area contributed by atoms with Crippen molar-refractivity contribution < 1.29 is 9.90 Å². The second-order valence-corrected chi connectivity index (χ2v) is 5.35. The number of rotatable bonds is 4. The summed E-state index contributed by atoms with van der Waals surface area (Å²) in [6.07, 6.45) is 0.918. The molecule has 0 fully saturated rings. The molecule has 2 aromatic carbocycles. The maximum absolute atomic E-state index is 11.6. The number of carboxylic acid groups (broad SMARTS) is 1. The van der Waals surface area contributed by atoms with Crippen LogP contribution in [0.1, 0.15) is 17.0 Å². The van der Waals surface area contributed by atoms with Gasteiger partial charge in [-0.25, -0.2) is 0 Å². The van der Waals surface area contributed by atoms with Crippen molar-refractivity contribution in [3.8, 4) is 0 Å². The van der Waals surface area contributed by atoms with E-state index < -0.39 is 11.9 Å². The van der Waals surface area contributed by atoms with E-state index >= 15 is 0 Å². The molecule has 0 spiro atoms. The molecule has 0 amide bonds. The van der Waals surface area contributed by atoms with Crippen molar-refractivity contribution in [3.63, 3.8) is 0 Å². The maximum Gasteiger partial charge on any atom is 0.312 e. The zero-order valence-corrected chi connectivity index (χ0v) is 11.7. The Kier molecular flexibility index (Phi) is 3.52. The van der Waals surface area contributed by atoms with Gasteiger partial charge in [-0.3, -0.25) is 4.79 Å². The summed E-state index contributed by atoms with van der Waals surface area (Å²) in [4.78, 5) is 13.7. The van der Waals surface area contributed by atoms with E-state index in [4.69, 9.17) is 5.73 Å². The van der Waals surface area contributed by atoms with Crippen molar-refractivity contribution in [1.82, 2.24) is 0 Å². The van der Waals surface area contributed by atoms with Crippen LogP contribution in [0.5, 0.6) is 0 Å². The quantitative estimate of drug-likeness (QED) is 0.846. The largest absolute Gasteiger partial charge is 0.481 e. The van der Waals surface area contributed by atoms with Gasteiger partial charge in [-0.1, -0.05) is 42.5 Å². The van der Waals surface area contributed by atoms with Gasteiger partial charge in [0.15, 0.2) is 0 Å². The number of fused-ring (bicyclic) bond motifs is 1. The van der Waals surface area contributed by atoms with Crippen LogP contribution in [0, 0.1) is 0 Å². The molecule has 21 heavy (non-hydrogen) atoms. The van der Waals surface area contributed by atoms with Crippen LogP contribution >= 0.6 is 0 Å². The van der Waals surface area contributed by atoms with Gasteiger partial charge >= 0.3 is 5.97 Å². The molecule has 3 rings (SSSR count). The number of hydrogen-bond donors (Lipinski definition) is 2. The number of carbonyl (C=O) groups is 1. The fourth-order valence-electron chi connectivity index (χ4n) is 2.98. The molecule has 0 aromatic heterocycles. The molecule has 0 saturated carbocycles. The van der Waals surface area contributed by atoms with Crippen molar-refractivity contribution >= 4 is 17.3 Å². The number of benzene rings is 2. The summed E-state index contributed by atoms with van der Waals surface area (Å²) in [7, 11) is 0. The highest BCUT2D eigenvalue weighted by Gasteiger charge is 2.28. The first kappa shape index (κ1) is 13.5. The van der Waals surface area contributed by atoms with Crippen LogP contribution < -0.4 is 10.6 Å². The van der Waals surface area contributed by atoms with Gasteiger partial charge in [-0.15, -0.1) is 0 Å². The summed E-state index contributed by atoms with van der Waals surface area (Å²) in [5.41, 5.74) is 9.82. The second kappa shape index (κ2) is 5.48. The van der Waals surface area contributed by atoms with E-state index in [0.717, 1.165) is 29.9 Å². The number of hydrogen-bond acceptors (Lipinski definition) is 3. The number of para-hydroxylation sites is 1. The molecule has 4 heteroatoms. The highest BCUT2D eigenvalue weighted by atomic mass is 16.4. The first-order valence-electron chi connectivity index (χ1n) is 7.07. The molecule has 0 bridgehead atoms. The fourth-order valence-corrected chi connectivity index (χ4v) is 2.98. The van der Waals surface area contributed by atoms with Crippen molar-refractivity contribution in [1.29, 1.82) is 0 Å². The highest BCUT2D eigenvalue weighted by molar-refractivity contribution is 5.79. The number of aliphatic carboxylic acids is 1. The Morgan fingerprint density at radius 1 is 1.19 bits per heavy atom. The summed E-state index contributed by atoms with van der Waals surface area (Å²) >= 11 is 0. The number of nitrogen functional groups attached to an aromatic ring is 1. The van der Waals surface area contributed by atoms with Gasteiger partial charge in [0.1, 0.15) is 0 Å². The van der Waals surface area contributed by atoms with Crippen molar-refractivity contribution in [3.05, 3.63) is 59.7 Å². The van der Waals surface area contributed by atoms with Gasteiger partial charge in [0.2, 0.25) is 0 Å². The lowest BCUT2D eigenvalue weighted by Gasteiger charge is -2.25. The molecule has 0 radical (unpaired) electrons. The molecule has 3 N–H and O–H groups in total. The third-order valence-corrected chi connectivity index (χ3v) is 4.02. The van der Waals surface area contributed by atoms with Crippen molar-refractivity contribution in [2.24, 2.45) is 0 Å². The third kappa shape index (κ3) is 2.57. The summed E-state index contributed by atoms with van der Waals surface area (Å²) in [6, 6.07) is 15.2. The lowest BCUT2D eigenvalue weighted by molar-refractivity contribution is -0.138. The molecule has 1 atom stereocenters. The Morgan fingerprint density at radius 2 is 1.95 bits per heavy atom. The number of carboxylic acids is 1. The minimum atomic E-state index is -0.802. The van der Waals surface area contributed by atoms with E-state index in [1.807, 2.05) is 42.5 Å². The molecule has 0 aliphatic carbocycles. The van der Waals surface area contributed by atoms with Gasteiger partial charge in [-0.05, 0) is 23.6 Å². The summed E-state index contributed by atoms with van der Waals surface area (Å²) in [5.74, 6) is -1.35. The van der Waals surface area contributed by atoms with E-state index in [1.54, 1.807) is 0 Å². The fraction of sp³-hybridized carbons (Fsp3) is 0.235. The minimum Gasteiger partial charge on any atom is -0.481 e. The van der Waals surface area contributed by atoms with E-state index in [0.29, 0.717) is 6.54 Å². The predicted octanol–water partition coefficient (Wildman–Crippen LogP) is 2.50. The molecule has 1 heterocycles. The highest BCUT2D eigenvalue weighted by Crippen LogP contribution is 2.35. The zero-order valence-electron chi connectivity index (χ0n) is 11.7. The number of nitrogens with two attached hydrogens (primary N) is 1. The Bertz CT molecular complexity index is 655. The number of nitrogens with zero attached hydrogens (tertiary/aromatic N) is 1. The molecule has 0 saturated heterocycles. The van der Waals surface area contributed by atoms with E-state index in [9.17, 15) is 9.90 Å². The Morgan fingerprint density at radius 3 is 2.67 bits per heavy atom. The van der Waals surface area contributed by atoms with Crippen LogP contribution in [0.15, 0.2) is 48.5 Å². The standard InChI is InChI=1S/C17H18N2O2/c18-15-8-4-7-13-9-10-19(16(13)15)11-14(17(20)21)12-5-2-1-3-6-12/h1-8,14H,9-11,18H2,(H,20,21). The molecule has 2 aromatic rings. The lowest BCUT2D eigenvalue weighted by atomic mass is 9.98. The molecule has 1 aliphatic heterocycles. The van der Waals surface area contributed by atoms with Crippen LogP contribution in [0.4, 0.5) is 11.4 Å². The molecule has 1 aliphatic rings. The SMILES string of the molecule is Nc1cccc2c1N(CC(C(=O)O)c1ccccc1)CC2. The van der Waals surface area contributed by atoms with Crippen LogP contribution in [0.25, 0.3) is 0 Å². The summed E-state index contributed by atoms with van der Waals surface area (Å²) in [6.45, 7) is 1.26. The van der Waals surface area contributed by atoms with E-state index in [2.05, 4.69) is 11.0 Å². The predicted molar refractivity (Wildman–Crippen MR) is 83.6 cm³/mol. The average Bonchev–Trinajstić information content (AvgIpc) is 2.90. The van der Waals surface area contributed by atoms with Gasteiger partial charge in [-0.2, -0.15) is 0 Å². The first-order chi connectivity index (χ1) is 10.2. The zero-order chi connectivity index (χ0) is 14.8. The smallest absolute Gasteiger partial charge is 0.312 e. The monoisotopic (exact) mass is 282 g/mol. The number of anilines is 2. The normalized spacial score (nSPS) is 14.8. The minimum absolute atomic E-state index is 0.445. The van der Waals surface area contributed by atoms with Gasteiger partial charge in [0, 0.05) is 13.1 Å². The molecular weight excluding hydrogens is 264 g/mol. The summed E-state index contributed by atoms with van der Waals surface area (Å²) < 4.78 is 0. The van der Waals surface area contributed by atoms with Crippen LogP contribution in [0.3, 0.4) is 0 Å². The summed E-state index contributed by atoms with van der Waals surface area (Å²) in [5, 5.41) is 9.55. The van der Waals surface area contributed by atoms with Gasteiger partial charge in [0.05, 0.1) is 17.3 Å². The second-order valence-electron chi connectivity index (χ2n) is 5.35. The van der Waals surface area contributed by atoms with Gasteiger partial charge in [0.25, 0.3) is 0 Å². The molecule has 1 unspecified atom stereocenters. The third-order valence-electron chi connectivity index (χ3n) is 4.02. The molecular formula is C17H18N2O2. The maximum atomic E-state index is 11.6. The Labute approximate surface area is 123 Å². The Hall–Kier alpha value is -2.49. The van der Waals surface area contributed by atoms with E-state index in [-0.39, 0.29) is 0 Å².